The Bertz CT molecular complexity index is 862. The van der Waals surface area contributed by atoms with Gasteiger partial charge in [-0.2, -0.15) is 4.98 Å². The predicted molar refractivity (Wildman–Crippen MR) is 114 cm³/mol. The minimum Gasteiger partial charge on any atom is -0.396 e. The third-order valence-electron chi connectivity index (χ3n) is 5.05. The number of halogens is 1. The van der Waals surface area contributed by atoms with Gasteiger partial charge in [0.2, 0.25) is 5.95 Å². The molecule has 0 saturated carbocycles. The average Bonchev–Trinajstić information content (AvgIpc) is 2.70. The molecule has 1 saturated heterocycles. The van der Waals surface area contributed by atoms with Crippen LogP contribution in [0.25, 0.3) is 0 Å². The summed E-state index contributed by atoms with van der Waals surface area (Å²) in [5.41, 5.74) is 1.25. The number of aliphatic hydroxyl groups excluding tert-OH is 1. The van der Waals surface area contributed by atoms with Crippen LogP contribution in [-0.4, -0.2) is 39.2 Å². The highest BCUT2D eigenvalue weighted by atomic mass is 35.5. The molecule has 1 atom stereocenters. The molecule has 1 aliphatic rings. The van der Waals surface area contributed by atoms with Crippen molar-refractivity contribution < 1.29 is 10.0 Å². The first-order chi connectivity index (χ1) is 14.0. The number of aryl methyl sites for hydroxylation is 1. The van der Waals surface area contributed by atoms with Crippen LogP contribution in [0.3, 0.4) is 0 Å². The predicted octanol–water partition coefficient (Wildman–Crippen LogP) is 4.48. The maximum atomic E-state index is 11.2. The number of nitro benzene ring substituents is 1. The van der Waals surface area contributed by atoms with Crippen molar-refractivity contribution in [3.05, 3.63) is 45.1 Å². The zero-order valence-corrected chi connectivity index (χ0v) is 17.2. The van der Waals surface area contributed by atoms with Gasteiger partial charge in [-0.1, -0.05) is 24.9 Å². The minimum atomic E-state index is -0.513. The zero-order chi connectivity index (χ0) is 20.8. The Hall–Kier alpha value is -2.45. The fourth-order valence-corrected chi connectivity index (χ4v) is 3.87. The fraction of sp³-hybridized carbons (Fsp3) is 0.500. The number of aliphatic hydroxyl groups is 1. The molecule has 0 spiro atoms. The molecule has 0 amide bonds. The molecule has 0 bridgehead atoms. The summed E-state index contributed by atoms with van der Waals surface area (Å²) in [5.74, 6) is 1.23. The molecule has 2 aromatic rings. The molecule has 2 N–H and O–H groups in total. The first-order valence-electron chi connectivity index (χ1n) is 9.98. The van der Waals surface area contributed by atoms with Crippen molar-refractivity contribution in [1.82, 2.24) is 9.97 Å². The van der Waals surface area contributed by atoms with Gasteiger partial charge in [-0.3, -0.25) is 10.1 Å². The average molecular weight is 420 g/mol. The van der Waals surface area contributed by atoms with Crippen molar-refractivity contribution in [1.29, 1.82) is 0 Å². The van der Waals surface area contributed by atoms with E-state index in [9.17, 15) is 15.2 Å². The van der Waals surface area contributed by atoms with Crippen LogP contribution in [0.2, 0.25) is 5.02 Å². The number of hydrogen-bond acceptors (Lipinski definition) is 7. The number of nitrogens with one attached hydrogen (secondary N) is 1. The Balaban J connectivity index is 1.92. The third-order valence-corrected chi connectivity index (χ3v) is 5.37. The zero-order valence-electron chi connectivity index (χ0n) is 16.5. The summed E-state index contributed by atoms with van der Waals surface area (Å²) in [6.45, 7) is 3.12. The van der Waals surface area contributed by atoms with Gasteiger partial charge in [-0.15, -0.1) is 0 Å². The second kappa shape index (κ2) is 9.84. The van der Waals surface area contributed by atoms with Gasteiger partial charge in [0, 0.05) is 42.7 Å². The number of nitro groups is 1. The first-order valence-corrected chi connectivity index (χ1v) is 10.4. The first kappa shape index (κ1) is 21.3. The molecular weight excluding hydrogens is 394 g/mol. The summed E-state index contributed by atoms with van der Waals surface area (Å²) in [7, 11) is 0. The maximum Gasteiger partial charge on any atom is 0.289 e. The summed E-state index contributed by atoms with van der Waals surface area (Å²) in [5, 5.41) is 23.8. The largest absolute Gasteiger partial charge is 0.396 e. The summed E-state index contributed by atoms with van der Waals surface area (Å²) < 4.78 is 0. The number of hydrogen-bond donors (Lipinski definition) is 2. The van der Waals surface area contributed by atoms with Crippen LogP contribution in [0, 0.1) is 10.1 Å². The molecule has 9 heteroatoms. The standard InChI is InChI=1S/C20H26ClN5O3/c1-2-5-14-13-19(25-10-4-3-6-16(25)9-11-27)24-20(22-14)23-15-7-8-17(21)18(12-15)26(28)29/h7-8,12-13,16,27H,2-6,9-11H2,1H3,(H,22,23,24). The highest BCUT2D eigenvalue weighted by Crippen LogP contribution is 2.30. The molecule has 3 rings (SSSR count). The molecule has 8 nitrogen and oxygen atoms in total. The van der Waals surface area contributed by atoms with Crippen LogP contribution >= 0.6 is 11.6 Å². The van der Waals surface area contributed by atoms with Crippen molar-refractivity contribution in [2.45, 2.75) is 51.5 Å². The van der Waals surface area contributed by atoms with Gasteiger partial charge in [-0.05, 0) is 44.2 Å². The normalized spacial score (nSPS) is 16.7. The molecule has 1 aromatic carbocycles. The Kier molecular flexibility index (Phi) is 7.22. The Morgan fingerprint density at radius 1 is 1.34 bits per heavy atom. The van der Waals surface area contributed by atoms with Gasteiger partial charge in [0.25, 0.3) is 5.69 Å². The molecule has 1 aliphatic heterocycles. The quantitative estimate of drug-likeness (QED) is 0.480. The van der Waals surface area contributed by atoms with Crippen molar-refractivity contribution in [2.75, 3.05) is 23.4 Å². The molecule has 0 radical (unpaired) electrons. The number of piperidine rings is 1. The van der Waals surface area contributed by atoms with E-state index in [2.05, 4.69) is 27.1 Å². The molecular formula is C20H26ClN5O3. The number of aromatic nitrogens is 2. The molecule has 156 valence electrons. The summed E-state index contributed by atoms with van der Waals surface area (Å²) in [6.07, 6.45) is 5.72. The van der Waals surface area contributed by atoms with Gasteiger partial charge in [0.1, 0.15) is 10.8 Å². The van der Waals surface area contributed by atoms with Gasteiger partial charge >= 0.3 is 0 Å². The molecule has 0 aliphatic carbocycles. The summed E-state index contributed by atoms with van der Waals surface area (Å²) in [4.78, 5) is 22.2. The van der Waals surface area contributed by atoms with Crippen molar-refractivity contribution in [2.24, 2.45) is 0 Å². The van der Waals surface area contributed by atoms with E-state index in [0.717, 1.165) is 50.2 Å². The van der Waals surface area contributed by atoms with Crippen LogP contribution in [-0.2, 0) is 6.42 Å². The van der Waals surface area contributed by atoms with E-state index >= 15 is 0 Å². The fourth-order valence-electron chi connectivity index (χ4n) is 3.68. The van der Waals surface area contributed by atoms with Crippen LogP contribution in [0.1, 0.15) is 44.7 Å². The Morgan fingerprint density at radius 2 is 2.17 bits per heavy atom. The molecule has 1 aromatic heterocycles. The highest BCUT2D eigenvalue weighted by Gasteiger charge is 2.24. The molecule has 1 fully saturated rings. The number of nitrogens with zero attached hydrogens (tertiary/aromatic N) is 4. The lowest BCUT2D eigenvalue weighted by atomic mass is 9.99. The van der Waals surface area contributed by atoms with E-state index in [-0.39, 0.29) is 23.4 Å². The lowest BCUT2D eigenvalue weighted by molar-refractivity contribution is -0.384. The van der Waals surface area contributed by atoms with Gasteiger partial charge in [0.15, 0.2) is 0 Å². The number of benzene rings is 1. The van der Waals surface area contributed by atoms with Crippen LogP contribution in [0.5, 0.6) is 0 Å². The van der Waals surface area contributed by atoms with Crippen molar-refractivity contribution in [3.8, 4) is 0 Å². The molecule has 29 heavy (non-hydrogen) atoms. The summed E-state index contributed by atoms with van der Waals surface area (Å²) in [6, 6.07) is 6.80. The molecule has 1 unspecified atom stereocenters. The van der Waals surface area contributed by atoms with Crippen molar-refractivity contribution in [3.63, 3.8) is 0 Å². The van der Waals surface area contributed by atoms with E-state index in [1.54, 1.807) is 6.07 Å². The van der Waals surface area contributed by atoms with E-state index in [1.807, 2.05) is 6.07 Å². The van der Waals surface area contributed by atoms with Crippen LogP contribution in [0.4, 0.5) is 23.1 Å². The second-order valence-electron chi connectivity index (χ2n) is 7.19. The van der Waals surface area contributed by atoms with Gasteiger partial charge in [0.05, 0.1) is 4.92 Å². The van der Waals surface area contributed by atoms with Crippen LogP contribution < -0.4 is 10.2 Å². The van der Waals surface area contributed by atoms with Crippen molar-refractivity contribution >= 4 is 34.7 Å². The minimum absolute atomic E-state index is 0.0852. The molecule has 2 heterocycles. The maximum absolute atomic E-state index is 11.2. The lowest BCUT2D eigenvalue weighted by Crippen LogP contribution is -2.40. The van der Waals surface area contributed by atoms with E-state index in [1.165, 1.54) is 12.1 Å². The topological polar surface area (TPSA) is 104 Å². The number of anilines is 3. The number of rotatable bonds is 8. The van der Waals surface area contributed by atoms with Gasteiger partial charge in [-0.25, -0.2) is 4.98 Å². The Labute approximate surface area is 175 Å². The SMILES string of the molecule is CCCc1cc(N2CCCCC2CCO)nc(Nc2ccc(Cl)c([N+](=O)[O-])c2)n1. The Morgan fingerprint density at radius 3 is 2.90 bits per heavy atom. The van der Waals surface area contributed by atoms with E-state index < -0.39 is 4.92 Å². The second-order valence-corrected chi connectivity index (χ2v) is 7.60. The van der Waals surface area contributed by atoms with Gasteiger partial charge < -0.3 is 15.3 Å². The lowest BCUT2D eigenvalue weighted by Gasteiger charge is -2.36. The van der Waals surface area contributed by atoms with Crippen LogP contribution in [0.15, 0.2) is 24.3 Å². The highest BCUT2D eigenvalue weighted by molar-refractivity contribution is 6.32. The van der Waals surface area contributed by atoms with E-state index in [0.29, 0.717) is 18.1 Å². The monoisotopic (exact) mass is 419 g/mol. The van der Waals surface area contributed by atoms with E-state index in [4.69, 9.17) is 11.6 Å². The summed E-state index contributed by atoms with van der Waals surface area (Å²) >= 11 is 5.91. The third kappa shape index (κ3) is 5.33. The smallest absolute Gasteiger partial charge is 0.289 e.